The van der Waals surface area contributed by atoms with E-state index in [2.05, 4.69) is 11.4 Å². The van der Waals surface area contributed by atoms with Crippen LogP contribution >= 0.6 is 11.8 Å². The third-order valence-corrected chi connectivity index (χ3v) is 4.00. The first-order valence-electron chi connectivity index (χ1n) is 6.76. The van der Waals surface area contributed by atoms with Crippen LogP contribution in [0.5, 0.6) is 5.75 Å². The number of para-hydroxylation sites is 1. The first-order valence-corrected chi connectivity index (χ1v) is 8.15. The Labute approximate surface area is 119 Å². The van der Waals surface area contributed by atoms with Crippen LogP contribution in [0.4, 0.5) is 0 Å². The Kier molecular flexibility index (Phi) is 5.58. The molecule has 1 heterocycles. The second-order valence-corrected chi connectivity index (χ2v) is 5.85. The number of nitrogens with one attached hydrogen (secondary N) is 1. The number of carbonyl (C=O) groups excluding carboxylic acids is 1. The molecule has 2 rings (SSSR count). The molecule has 0 radical (unpaired) electrons. The molecule has 0 spiro atoms. The summed E-state index contributed by atoms with van der Waals surface area (Å²) < 4.78 is 5.73. The van der Waals surface area contributed by atoms with Crippen LogP contribution in [-0.2, 0) is 11.2 Å². The summed E-state index contributed by atoms with van der Waals surface area (Å²) in [6.07, 6.45) is 4.62. The van der Waals surface area contributed by atoms with Crippen molar-refractivity contribution >= 4 is 17.7 Å². The molecule has 104 valence electrons. The minimum Gasteiger partial charge on any atom is -0.493 e. The first kappa shape index (κ1) is 14.3. The Hall–Kier alpha value is -1.16. The minimum atomic E-state index is 0.160. The van der Waals surface area contributed by atoms with Crippen molar-refractivity contribution in [2.45, 2.75) is 19.3 Å². The summed E-state index contributed by atoms with van der Waals surface area (Å²) in [4.78, 5) is 11.6. The fraction of sp³-hybridized carbons (Fsp3) is 0.533. The molecule has 0 unspecified atom stereocenters. The molecule has 1 aliphatic rings. The van der Waals surface area contributed by atoms with Gasteiger partial charge in [0.1, 0.15) is 5.75 Å². The topological polar surface area (TPSA) is 38.3 Å². The third kappa shape index (κ3) is 4.46. The summed E-state index contributed by atoms with van der Waals surface area (Å²) in [6.45, 7) is 1.49. The predicted octanol–water partition coefficient (Wildman–Crippen LogP) is 2.50. The first-order chi connectivity index (χ1) is 9.29. The molecule has 0 bridgehead atoms. The number of hydrogen-bond donors (Lipinski definition) is 1. The summed E-state index contributed by atoms with van der Waals surface area (Å²) in [5, 5.41) is 3.04. The average Bonchev–Trinajstić information content (AvgIpc) is 2.64. The molecule has 1 N–H and O–H groups in total. The van der Waals surface area contributed by atoms with Crippen LogP contribution < -0.4 is 10.1 Å². The second kappa shape index (κ2) is 7.43. The van der Waals surface area contributed by atoms with Crippen LogP contribution in [0.15, 0.2) is 24.3 Å². The predicted molar refractivity (Wildman–Crippen MR) is 79.8 cm³/mol. The summed E-state index contributed by atoms with van der Waals surface area (Å²) in [5.41, 5.74) is 1.25. The van der Waals surface area contributed by atoms with Gasteiger partial charge in [-0.3, -0.25) is 4.79 Å². The Bertz CT molecular complexity index is 422. The largest absolute Gasteiger partial charge is 0.493 e. The number of rotatable bonds is 5. The molecule has 0 fully saturated rings. The second-order valence-electron chi connectivity index (χ2n) is 4.86. The molecular weight excluding hydrogens is 258 g/mol. The average molecular weight is 279 g/mol. The SMILES string of the molecule is CSCCC(=O)NC[C@@H]1CCOc2ccccc2C1. The van der Waals surface area contributed by atoms with E-state index in [0.717, 1.165) is 37.5 Å². The van der Waals surface area contributed by atoms with Crippen LogP contribution in [-0.4, -0.2) is 31.1 Å². The van der Waals surface area contributed by atoms with E-state index in [1.54, 1.807) is 11.8 Å². The van der Waals surface area contributed by atoms with Gasteiger partial charge in [0.2, 0.25) is 5.91 Å². The molecule has 19 heavy (non-hydrogen) atoms. The highest BCUT2D eigenvalue weighted by atomic mass is 32.2. The van der Waals surface area contributed by atoms with Crippen LogP contribution in [0.3, 0.4) is 0 Å². The van der Waals surface area contributed by atoms with Gasteiger partial charge in [-0.25, -0.2) is 0 Å². The van der Waals surface area contributed by atoms with Crippen molar-refractivity contribution in [1.29, 1.82) is 0 Å². The molecule has 1 aromatic rings. The smallest absolute Gasteiger partial charge is 0.220 e. The lowest BCUT2D eigenvalue weighted by atomic mass is 9.97. The van der Waals surface area contributed by atoms with Crippen molar-refractivity contribution in [3.8, 4) is 5.75 Å². The lowest BCUT2D eigenvalue weighted by Gasteiger charge is -2.14. The van der Waals surface area contributed by atoms with Gasteiger partial charge in [-0.05, 0) is 36.6 Å². The number of carbonyl (C=O) groups is 1. The molecule has 1 aliphatic heterocycles. The van der Waals surface area contributed by atoms with E-state index in [9.17, 15) is 4.79 Å². The van der Waals surface area contributed by atoms with Crippen molar-refractivity contribution in [3.63, 3.8) is 0 Å². The molecule has 0 aliphatic carbocycles. The van der Waals surface area contributed by atoms with Crippen LogP contribution in [0, 0.1) is 5.92 Å². The van der Waals surface area contributed by atoms with Gasteiger partial charge in [-0.2, -0.15) is 11.8 Å². The Balaban J connectivity index is 1.84. The van der Waals surface area contributed by atoms with E-state index in [4.69, 9.17) is 4.74 Å². The highest BCUT2D eigenvalue weighted by Gasteiger charge is 2.17. The van der Waals surface area contributed by atoms with Gasteiger partial charge in [-0.1, -0.05) is 18.2 Å². The molecule has 3 nitrogen and oxygen atoms in total. The fourth-order valence-corrected chi connectivity index (χ4v) is 2.67. The Morgan fingerprint density at radius 1 is 1.47 bits per heavy atom. The van der Waals surface area contributed by atoms with Crippen LogP contribution in [0.25, 0.3) is 0 Å². The Morgan fingerprint density at radius 3 is 3.16 bits per heavy atom. The maximum atomic E-state index is 11.6. The summed E-state index contributed by atoms with van der Waals surface area (Å²) in [6, 6.07) is 8.18. The number of ether oxygens (including phenoxy) is 1. The minimum absolute atomic E-state index is 0.160. The zero-order valence-electron chi connectivity index (χ0n) is 11.4. The molecule has 1 atom stereocenters. The molecule has 0 saturated carbocycles. The standard InChI is InChI=1S/C15H21NO2S/c1-19-9-7-15(17)16-11-12-6-8-18-14-5-3-2-4-13(14)10-12/h2-5,12H,6-11H2,1H3,(H,16,17)/t12-/m1/s1. The molecule has 1 aromatic carbocycles. The van der Waals surface area contributed by atoms with Crippen molar-refractivity contribution in [2.75, 3.05) is 25.2 Å². The quantitative estimate of drug-likeness (QED) is 0.900. The van der Waals surface area contributed by atoms with Crippen molar-refractivity contribution in [1.82, 2.24) is 5.32 Å². The summed E-state index contributed by atoms with van der Waals surface area (Å²) in [5.74, 6) is 2.52. The van der Waals surface area contributed by atoms with Gasteiger partial charge in [0.25, 0.3) is 0 Å². The van der Waals surface area contributed by atoms with Crippen LogP contribution in [0.1, 0.15) is 18.4 Å². The number of fused-ring (bicyclic) bond motifs is 1. The molecule has 1 amide bonds. The van der Waals surface area contributed by atoms with Gasteiger partial charge in [0.05, 0.1) is 6.61 Å². The summed E-state index contributed by atoms with van der Waals surface area (Å²) >= 11 is 1.70. The third-order valence-electron chi connectivity index (χ3n) is 3.39. The van der Waals surface area contributed by atoms with E-state index in [1.165, 1.54) is 5.56 Å². The zero-order chi connectivity index (χ0) is 13.5. The number of benzene rings is 1. The molecule has 4 heteroatoms. The molecular formula is C15H21NO2S. The lowest BCUT2D eigenvalue weighted by molar-refractivity contribution is -0.120. The highest BCUT2D eigenvalue weighted by Crippen LogP contribution is 2.26. The number of amides is 1. The van der Waals surface area contributed by atoms with Crippen molar-refractivity contribution < 1.29 is 9.53 Å². The number of hydrogen-bond acceptors (Lipinski definition) is 3. The van der Waals surface area contributed by atoms with Gasteiger partial charge >= 0.3 is 0 Å². The maximum Gasteiger partial charge on any atom is 0.220 e. The monoisotopic (exact) mass is 279 g/mol. The van der Waals surface area contributed by atoms with E-state index >= 15 is 0 Å². The maximum absolute atomic E-state index is 11.6. The van der Waals surface area contributed by atoms with E-state index in [0.29, 0.717) is 12.3 Å². The van der Waals surface area contributed by atoms with Gasteiger partial charge < -0.3 is 10.1 Å². The molecule has 0 aromatic heterocycles. The lowest BCUT2D eigenvalue weighted by Crippen LogP contribution is -2.30. The zero-order valence-corrected chi connectivity index (χ0v) is 12.2. The number of thioether (sulfide) groups is 1. The molecule has 0 saturated heterocycles. The van der Waals surface area contributed by atoms with Crippen LogP contribution in [0.2, 0.25) is 0 Å². The van der Waals surface area contributed by atoms with Gasteiger partial charge in [0.15, 0.2) is 0 Å². The summed E-state index contributed by atoms with van der Waals surface area (Å²) in [7, 11) is 0. The van der Waals surface area contributed by atoms with Crippen molar-refractivity contribution in [3.05, 3.63) is 29.8 Å². The normalized spacial score (nSPS) is 18.1. The van der Waals surface area contributed by atoms with Gasteiger partial charge in [-0.15, -0.1) is 0 Å². The highest BCUT2D eigenvalue weighted by molar-refractivity contribution is 7.98. The van der Waals surface area contributed by atoms with Crippen molar-refractivity contribution in [2.24, 2.45) is 5.92 Å². The fourth-order valence-electron chi connectivity index (χ4n) is 2.28. The van der Waals surface area contributed by atoms with E-state index in [-0.39, 0.29) is 5.91 Å². The van der Waals surface area contributed by atoms with E-state index in [1.807, 2.05) is 24.5 Å². The Morgan fingerprint density at radius 2 is 2.32 bits per heavy atom. The van der Waals surface area contributed by atoms with E-state index < -0.39 is 0 Å². The van der Waals surface area contributed by atoms with Gasteiger partial charge in [0, 0.05) is 18.7 Å².